The van der Waals surface area contributed by atoms with E-state index in [4.69, 9.17) is 9.05 Å². The van der Waals surface area contributed by atoms with Crippen molar-refractivity contribution in [2.24, 2.45) is 5.10 Å². The summed E-state index contributed by atoms with van der Waals surface area (Å²) in [6.07, 6.45) is 0. The molecule has 0 aliphatic carbocycles. The van der Waals surface area contributed by atoms with E-state index in [0.717, 1.165) is 5.69 Å². The van der Waals surface area contributed by atoms with E-state index < -0.39 is 7.60 Å². The Balaban J connectivity index is 2.75. The molecule has 0 fully saturated rings. The highest BCUT2D eigenvalue weighted by Crippen LogP contribution is 2.50. The Hall–Kier alpha value is -0.680. The Kier molecular flexibility index (Phi) is 5.15. The second-order valence-corrected chi connectivity index (χ2v) is 6.23. The molecule has 1 aromatic rings. The first kappa shape index (κ1) is 13.4. The summed E-state index contributed by atoms with van der Waals surface area (Å²) in [5.74, 6) is 0. The maximum atomic E-state index is 11.8. The van der Waals surface area contributed by atoms with Gasteiger partial charge in [0.15, 0.2) is 0 Å². The fraction of sp³-hybridized carbons (Fsp3) is 0.222. The number of halogens is 1. The van der Waals surface area contributed by atoms with Crippen LogP contribution in [-0.2, 0) is 13.6 Å². The van der Waals surface area contributed by atoms with E-state index in [1.54, 1.807) is 0 Å². The zero-order chi connectivity index (χ0) is 12.0. The zero-order valence-electron chi connectivity index (χ0n) is 8.88. The summed E-state index contributed by atoms with van der Waals surface area (Å²) in [6, 6.07) is 9.26. The number of benzene rings is 1. The topological polar surface area (TPSA) is 59.9 Å². The van der Waals surface area contributed by atoms with Crippen LogP contribution in [0.15, 0.2) is 35.4 Å². The summed E-state index contributed by atoms with van der Waals surface area (Å²) >= 11 is 3.05. The standard InChI is InChI=1S/C9H12BrN2O3P/c1-14-16(13,15-2)9(10)12-11-8-6-4-3-5-7-8/h3-7,11H,1-2H3/b12-9-. The van der Waals surface area contributed by atoms with E-state index in [1.165, 1.54) is 14.2 Å². The minimum absolute atomic E-state index is 0.0915. The van der Waals surface area contributed by atoms with Crippen LogP contribution < -0.4 is 5.43 Å². The molecule has 0 unspecified atom stereocenters. The summed E-state index contributed by atoms with van der Waals surface area (Å²) in [5.41, 5.74) is 3.50. The molecule has 16 heavy (non-hydrogen) atoms. The molecule has 1 aromatic carbocycles. The molecule has 0 heterocycles. The van der Waals surface area contributed by atoms with Gasteiger partial charge in [0.1, 0.15) is 0 Å². The lowest BCUT2D eigenvalue weighted by Crippen LogP contribution is -1.99. The molecule has 5 nitrogen and oxygen atoms in total. The van der Waals surface area contributed by atoms with Crippen molar-refractivity contribution in [3.63, 3.8) is 0 Å². The van der Waals surface area contributed by atoms with Gasteiger partial charge in [-0.25, -0.2) is 0 Å². The molecular formula is C9H12BrN2O3P. The summed E-state index contributed by atoms with van der Waals surface area (Å²) in [5, 5.41) is 3.88. The summed E-state index contributed by atoms with van der Waals surface area (Å²) in [6.45, 7) is 0. The van der Waals surface area contributed by atoms with Gasteiger partial charge in [0.2, 0.25) is 4.36 Å². The average molecular weight is 307 g/mol. The first-order valence-corrected chi connectivity index (χ1v) is 6.72. The van der Waals surface area contributed by atoms with Gasteiger partial charge in [0, 0.05) is 14.2 Å². The van der Waals surface area contributed by atoms with E-state index in [9.17, 15) is 4.57 Å². The van der Waals surface area contributed by atoms with Crippen molar-refractivity contribution in [3.05, 3.63) is 30.3 Å². The highest BCUT2D eigenvalue weighted by atomic mass is 79.9. The molecule has 0 radical (unpaired) electrons. The second kappa shape index (κ2) is 6.15. The van der Waals surface area contributed by atoms with Gasteiger partial charge in [-0.2, -0.15) is 5.10 Å². The molecule has 88 valence electrons. The van der Waals surface area contributed by atoms with E-state index in [-0.39, 0.29) is 4.36 Å². The number of hydrogen-bond donors (Lipinski definition) is 1. The van der Waals surface area contributed by atoms with Crippen LogP contribution in [0.3, 0.4) is 0 Å². The Morgan fingerprint density at radius 3 is 2.38 bits per heavy atom. The molecule has 0 atom stereocenters. The number of hydrazone groups is 1. The number of hydrogen-bond acceptors (Lipinski definition) is 5. The molecule has 1 N–H and O–H groups in total. The maximum absolute atomic E-state index is 11.8. The fourth-order valence-electron chi connectivity index (χ4n) is 0.910. The minimum atomic E-state index is -3.30. The van der Waals surface area contributed by atoms with E-state index in [2.05, 4.69) is 26.5 Å². The van der Waals surface area contributed by atoms with Crippen LogP contribution in [0, 0.1) is 0 Å². The Morgan fingerprint density at radius 1 is 1.31 bits per heavy atom. The monoisotopic (exact) mass is 306 g/mol. The van der Waals surface area contributed by atoms with Gasteiger partial charge in [-0.15, -0.1) is 0 Å². The van der Waals surface area contributed by atoms with Crippen LogP contribution >= 0.6 is 23.5 Å². The molecule has 7 heteroatoms. The fourth-order valence-corrected chi connectivity index (χ4v) is 2.49. The van der Waals surface area contributed by atoms with Crippen molar-refractivity contribution in [1.82, 2.24) is 0 Å². The molecule has 0 saturated carbocycles. The molecule has 0 amide bonds. The third-order valence-corrected chi connectivity index (χ3v) is 4.75. The molecule has 1 rings (SSSR count). The van der Waals surface area contributed by atoms with E-state index in [0.29, 0.717) is 0 Å². The summed E-state index contributed by atoms with van der Waals surface area (Å²) in [4.78, 5) is 0. The molecule has 0 aromatic heterocycles. The smallest absolute Gasteiger partial charge is 0.307 e. The van der Waals surface area contributed by atoms with Crippen molar-refractivity contribution >= 4 is 33.6 Å². The highest BCUT2D eigenvalue weighted by Gasteiger charge is 2.27. The maximum Gasteiger partial charge on any atom is 0.387 e. The van der Waals surface area contributed by atoms with Crippen LogP contribution in [0.25, 0.3) is 0 Å². The first-order valence-electron chi connectivity index (χ1n) is 4.38. The Morgan fingerprint density at radius 2 is 1.88 bits per heavy atom. The van der Waals surface area contributed by atoms with Gasteiger partial charge in [0.05, 0.1) is 5.69 Å². The van der Waals surface area contributed by atoms with Crippen molar-refractivity contribution in [3.8, 4) is 0 Å². The highest BCUT2D eigenvalue weighted by molar-refractivity contribution is 9.20. The van der Waals surface area contributed by atoms with Crippen LogP contribution in [0.2, 0.25) is 0 Å². The SMILES string of the molecule is COP(=O)(OC)/C(Br)=N\Nc1ccccc1. The van der Waals surface area contributed by atoms with Gasteiger partial charge >= 0.3 is 7.60 Å². The van der Waals surface area contributed by atoms with Crippen molar-refractivity contribution in [1.29, 1.82) is 0 Å². The quantitative estimate of drug-likeness (QED) is 0.515. The number of para-hydroxylation sites is 1. The van der Waals surface area contributed by atoms with Crippen LogP contribution in [-0.4, -0.2) is 18.6 Å². The van der Waals surface area contributed by atoms with Crippen LogP contribution in [0.4, 0.5) is 5.69 Å². The summed E-state index contributed by atoms with van der Waals surface area (Å²) in [7, 11) is -0.715. The molecule has 0 bridgehead atoms. The van der Waals surface area contributed by atoms with Gasteiger partial charge in [-0.3, -0.25) is 9.99 Å². The molecule has 0 saturated heterocycles. The number of rotatable bonds is 5. The third-order valence-electron chi connectivity index (χ3n) is 1.76. The largest absolute Gasteiger partial charge is 0.387 e. The van der Waals surface area contributed by atoms with E-state index in [1.807, 2.05) is 30.3 Å². The molecular weight excluding hydrogens is 295 g/mol. The van der Waals surface area contributed by atoms with Gasteiger partial charge in [0.25, 0.3) is 0 Å². The predicted octanol–water partition coefficient (Wildman–Crippen LogP) is 3.25. The predicted molar refractivity (Wildman–Crippen MR) is 68.1 cm³/mol. The zero-order valence-corrected chi connectivity index (χ0v) is 11.4. The lowest BCUT2D eigenvalue weighted by atomic mass is 10.3. The van der Waals surface area contributed by atoms with Crippen molar-refractivity contribution in [2.75, 3.05) is 19.6 Å². The van der Waals surface area contributed by atoms with Crippen molar-refractivity contribution < 1.29 is 13.6 Å². The number of nitrogens with zero attached hydrogens (tertiary/aromatic N) is 1. The van der Waals surface area contributed by atoms with Crippen LogP contribution in [0.5, 0.6) is 0 Å². The van der Waals surface area contributed by atoms with E-state index >= 15 is 0 Å². The Bertz CT molecular complexity index is 402. The second-order valence-electron chi connectivity index (χ2n) is 2.72. The normalized spacial score (nSPS) is 12.6. The van der Waals surface area contributed by atoms with Gasteiger partial charge in [-0.1, -0.05) is 18.2 Å². The van der Waals surface area contributed by atoms with Crippen LogP contribution in [0.1, 0.15) is 0 Å². The third kappa shape index (κ3) is 3.42. The van der Waals surface area contributed by atoms with Crippen molar-refractivity contribution in [2.45, 2.75) is 0 Å². The molecule has 0 aliphatic heterocycles. The summed E-state index contributed by atoms with van der Waals surface area (Å²) < 4.78 is 21.4. The lowest BCUT2D eigenvalue weighted by Gasteiger charge is -2.11. The molecule has 0 aliphatic rings. The Labute approximate surface area is 102 Å². The minimum Gasteiger partial charge on any atom is -0.307 e. The number of nitrogens with one attached hydrogen (secondary N) is 1. The van der Waals surface area contributed by atoms with Gasteiger partial charge in [-0.05, 0) is 28.1 Å². The van der Waals surface area contributed by atoms with Gasteiger partial charge < -0.3 is 9.05 Å². The first-order chi connectivity index (χ1) is 7.62. The number of anilines is 1. The average Bonchev–Trinajstić information content (AvgIpc) is 2.36. The lowest BCUT2D eigenvalue weighted by molar-refractivity contribution is 0.291. The molecule has 0 spiro atoms.